The first-order valence-electron chi connectivity index (χ1n) is 11.5. The number of amides is 1. The first-order chi connectivity index (χ1) is 16.8. The Bertz CT molecular complexity index is 1330. The van der Waals surface area contributed by atoms with Gasteiger partial charge in [0.25, 0.3) is 5.91 Å². The highest BCUT2D eigenvalue weighted by atomic mass is 32.2. The van der Waals surface area contributed by atoms with Gasteiger partial charge in [0, 0.05) is 32.2 Å². The molecule has 2 aromatic carbocycles. The molecule has 0 unspecified atom stereocenters. The van der Waals surface area contributed by atoms with Crippen molar-refractivity contribution in [1.82, 2.24) is 19.0 Å². The molecular weight excluding hydrogens is 468 g/mol. The number of ether oxygens (including phenoxy) is 2. The van der Waals surface area contributed by atoms with E-state index < -0.39 is 10.0 Å². The molecule has 0 bridgehead atoms. The van der Waals surface area contributed by atoms with Crippen LogP contribution < -0.4 is 9.47 Å². The van der Waals surface area contributed by atoms with Crippen LogP contribution in [-0.2, 0) is 16.4 Å². The number of benzene rings is 2. The standard InChI is InChI=1S/C25H30N4O5S/c1-5-22-21(17-26-29(22)19-8-6-7-18(2)15-19)25(30)27-11-13-28(14-12-27)35(31,32)20-9-10-23(33-3)24(16-20)34-4/h6-10,15-17H,5,11-14H2,1-4H3. The van der Waals surface area contributed by atoms with Crippen molar-refractivity contribution in [2.24, 2.45) is 0 Å². The van der Waals surface area contributed by atoms with Gasteiger partial charge in [-0.05, 0) is 43.2 Å². The van der Waals surface area contributed by atoms with Crippen molar-refractivity contribution in [2.45, 2.75) is 25.2 Å². The number of hydrogen-bond donors (Lipinski definition) is 0. The molecule has 1 amide bonds. The van der Waals surface area contributed by atoms with E-state index in [2.05, 4.69) is 5.10 Å². The van der Waals surface area contributed by atoms with Gasteiger partial charge in [-0.2, -0.15) is 9.40 Å². The lowest BCUT2D eigenvalue weighted by Gasteiger charge is -2.34. The van der Waals surface area contributed by atoms with Crippen molar-refractivity contribution < 1.29 is 22.7 Å². The molecule has 0 aliphatic carbocycles. The summed E-state index contributed by atoms with van der Waals surface area (Å²) in [6.07, 6.45) is 2.25. The van der Waals surface area contributed by atoms with Gasteiger partial charge in [0.05, 0.1) is 42.3 Å². The SMILES string of the molecule is CCc1c(C(=O)N2CCN(S(=O)(=O)c3ccc(OC)c(OC)c3)CC2)cnn1-c1cccc(C)c1. The quantitative estimate of drug-likeness (QED) is 0.497. The first kappa shape index (κ1) is 24.7. The van der Waals surface area contributed by atoms with Gasteiger partial charge in [0.15, 0.2) is 11.5 Å². The Kier molecular flexibility index (Phi) is 7.13. The third-order valence-electron chi connectivity index (χ3n) is 6.20. The van der Waals surface area contributed by atoms with E-state index in [-0.39, 0.29) is 23.9 Å². The van der Waals surface area contributed by atoms with Crippen molar-refractivity contribution in [1.29, 1.82) is 0 Å². The molecule has 0 atom stereocenters. The summed E-state index contributed by atoms with van der Waals surface area (Å²) >= 11 is 0. The summed E-state index contributed by atoms with van der Waals surface area (Å²) in [5.41, 5.74) is 3.40. The zero-order valence-corrected chi connectivity index (χ0v) is 21.2. The molecule has 0 spiro atoms. The highest BCUT2D eigenvalue weighted by Gasteiger charge is 2.32. The van der Waals surface area contributed by atoms with E-state index in [0.29, 0.717) is 36.6 Å². The molecule has 1 aliphatic heterocycles. The van der Waals surface area contributed by atoms with Gasteiger partial charge in [-0.25, -0.2) is 13.1 Å². The minimum Gasteiger partial charge on any atom is -0.493 e. The average molecular weight is 499 g/mol. The second kappa shape index (κ2) is 10.1. The van der Waals surface area contributed by atoms with E-state index in [1.165, 1.54) is 30.7 Å². The number of aryl methyl sites for hydroxylation is 1. The predicted molar refractivity (Wildman–Crippen MR) is 132 cm³/mol. The van der Waals surface area contributed by atoms with Gasteiger partial charge in [0.2, 0.25) is 10.0 Å². The van der Waals surface area contributed by atoms with Crippen LogP contribution in [0.2, 0.25) is 0 Å². The van der Waals surface area contributed by atoms with Crippen molar-refractivity contribution in [3.05, 3.63) is 65.5 Å². The summed E-state index contributed by atoms with van der Waals surface area (Å²) in [5, 5.41) is 4.48. The van der Waals surface area contributed by atoms with Crippen LogP contribution in [0.4, 0.5) is 0 Å². The van der Waals surface area contributed by atoms with Crippen LogP contribution in [0, 0.1) is 6.92 Å². The lowest BCUT2D eigenvalue weighted by Crippen LogP contribution is -2.50. The van der Waals surface area contributed by atoms with E-state index in [0.717, 1.165) is 16.9 Å². The number of sulfonamides is 1. The van der Waals surface area contributed by atoms with Crippen LogP contribution in [0.5, 0.6) is 11.5 Å². The summed E-state index contributed by atoms with van der Waals surface area (Å²) in [6.45, 7) is 5.01. The Labute approximate surface area is 205 Å². The maximum absolute atomic E-state index is 13.3. The maximum Gasteiger partial charge on any atom is 0.257 e. The molecule has 10 heteroatoms. The minimum absolute atomic E-state index is 0.127. The summed E-state index contributed by atoms with van der Waals surface area (Å²) in [6, 6.07) is 12.5. The molecule has 4 rings (SSSR count). The minimum atomic E-state index is -3.74. The van der Waals surface area contributed by atoms with Gasteiger partial charge in [-0.3, -0.25) is 4.79 Å². The van der Waals surface area contributed by atoms with Crippen molar-refractivity contribution in [2.75, 3.05) is 40.4 Å². The van der Waals surface area contributed by atoms with Crippen LogP contribution in [0.15, 0.2) is 53.6 Å². The topological polar surface area (TPSA) is 94.0 Å². The van der Waals surface area contributed by atoms with E-state index >= 15 is 0 Å². The van der Waals surface area contributed by atoms with Crippen LogP contribution in [-0.4, -0.2) is 73.7 Å². The average Bonchev–Trinajstić information content (AvgIpc) is 3.32. The number of methoxy groups -OCH3 is 2. The molecule has 3 aromatic rings. The van der Waals surface area contributed by atoms with Gasteiger partial charge < -0.3 is 14.4 Å². The number of aromatic nitrogens is 2. The van der Waals surface area contributed by atoms with E-state index in [1.54, 1.807) is 21.8 Å². The molecular formula is C25H30N4O5S. The fraction of sp³-hybridized carbons (Fsp3) is 0.360. The largest absolute Gasteiger partial charge is 0.493 e. The molecule has 1 saturated heterocycles. The molecule has 186 valence electrons. The molecule has 9 nitrogen and oxygen atoms in total. The van der Waals surface area contributed by atoms with Crippen molar-refractivity contribution in [3.8, 4) is 17.2 Å². The normalized spacial score (nSPS) is 14.7. The van der Waals surface area contributed by atoms with E-state index in [9.17, 15) is 13.2 Å². The zero-order valence-electron chi connectivity index (χ0n) is 20.4. The Morgan fingerprint density at radius 2 is 1.71 bits per heavy atom. The molecule has 1 aliphatic rings. The summed E-state index contributed by atoms with van der Waals surface area (Å²) in [4.78, 5) is 15.2. The Balaban J connectivity index is 1.50. The first-order valence-corrected chi connectivity index (χ1v) is 12.9. The van der Waals surface area contributed by atoms with Gasteiger partial charge in [-0.15, -0.1) is 0 Å². The Morgan fingerprint density at radius 3 is 2.34 bits per heavy atom. The Morgan fingerprint density at radius 1 is 1.00 bits per heavy atom. The third kappa shape index (κ3) is 4.76. The molecule has 0 saturated carbocycles. The van der Waals surface area contributed by atoms with Crippen LogP contribution >= 0.6 is 0 Å². The van der Waals surface area contributed by atoms with Gasteiger partial charge >= 0.3 is 0 Å². The van der Waals surface area contributed by atoms with Crippen molar-refractivity contribution >= 4 is 15.9 Å². The second-order valence-corrected chi connectivity index (χ2v) is 10.3. The maximum atomic E-state index is 13.3. The third-order valence-corrected chi connectivity index (χ3v) is 8.09. The second-order valence-electron chi connectivity index (χ2n) is 8.32. The highest BCUT2D eigenvalue weighted by molar-refractivity contribution is 7.89. The lowest BCUT2D eigenvalue weighted by molar-refractivity contribution is 0.0696. The predicted octanol–water partition coefficient (Wildman–Crippen LogP) is 2.91. The fourth-order valence-electron chi connectivity index (χ4n) is 4.30. The van der Waals surface area contributed by atoms with Crippen LogP contribution in [0.25, 0.3) is 5.69 Å². The molecule has 1 fully saturated rings. The number of carbonyl (C=O) groups excluding carboxylic acids is 1. The smallest absolute Gasteiger partial charge is 0.257 e. The van der Waals surface area contributed by atoms with Crippen LogP contribution in [0.1, 0.15) is 28.5 Å². The van der Waals surface area contributed by atoms with Gasteiger partial charge in [0.1, 0.15) is 0 Å². The molecule has 35 heavy (non-hydrogen) atoms. The van der Waals surface area contributed by atoms with E-state index in [4.69, 9.17) is 9.47 Å². The number of nitrogens with zero attached hydrogens (tertiary/aromatic N) is 4. The van der Waals surface area contributed by atoms with E-state index in [1.807, 2.05) is 38.1 Å². The summed E-state index contributed by atoms with van der Waals surface area (Å²) < 4.78 is 40.1. The summed E-state index contributed by atoms with van der Waals surface area (Å²) in [5.74, 6) is 0.670. The zero-order chi connectivity index (χ0) is 25.2. The molecule has 2 heterocycles. The fourth-order valence-corrected chi connectivity index (χ4v) is 5.74. The highest BCUT2D eigenvalue weighted by Crippen LogP contribution is 2.31. The molecule has 1 aromatic heterocycles. The number of carbonyl (C=O) groups is 1. The monoisotopic (exact) mass is 498 g/mol. The van der Waals surface area contributed by atoms with Crippen molar-refractivity contribution in [3.63, 3.8) is 0 Å². The van der Waals surface area contributed by atoms with Gasteiger partial charge in [-0.1, -0.05) is 19.1 Å². The molecule has 0 N–H and O–H groups in total. The summed E-state index contributed by atoms with van der Waals surface area (Å²) in [7, 11) is -0.779. The number of piperazine rings is 1. The Hall–Kier alpha value is -3.37. The molecule has 0 radical (unpaired) electrons. The lowest BCUT2D eigenvalue weighted by atomic mass is 10.1. The number of rotatable bonds is 7. The van der Waals surface area contributed by atoms with Crippen LogP contribution in [0.3, 0.4) is 0 Å². The number of hydrogen-bond acceptors (Lipinski definition) is 6.